The van der Waals surface area contributed by atoms with Crippen molar-refractivity contribution in [3.05, 3.63) is 24.3 Å². The summed E-state index contributed by atoms with van der Waals surface area (Å²) in [5.74, 6) is -0.0504. The van der Waals surface area contributed by atoms with Gasteiger partial charge in [-0.1, -0.05) is 63.7 Å². The van der Waals surface area contributed by atoms with Crippen molar-refractivity contribution in [3.8, 4) is 0 Å². The molecule has 1 amide bonds. The van der Waals surface area contributed by atoms with Crippen molar-refractivity contribution in [1.82, 2.24) is 5.32 Å². The highest BCUT2D eigenvalue weighted by Crippen LogP contribution is 2.08. The fourth-order valence-corrected chi connectivity index (χ4v) is 1.62. The molecule has 0 aromatic carbocycles. The zero-order valence-electron chi connectivity index (χ0n) is 11.4. The van der Waals surface area contributed by atoms with Gasteiger partial charge in [0.15, 0.2) is 0 Å². The van der Waals surface area contributed by atoms with Crippen LogP contribution in [-0.4, -0.2) is 13.0 Å². The van der Waals surface area contributed by atoms with Gasteiger partial charge in [0.2, 0.25) is 5.91 Å². The topological polar surface area (TPSA) is 29.1 Å². The molecule has 0 aromatic heterocycles. The summed E-state index contributed by atoms with van der Waals surface area (Å²) in [7, 11) is 1.63. The monoisotopic (exact) mass is 237 g/mol. The lowest BCUT2D eigenvalue weighted by Gasteiger charge is -1.98. The number of rotatable bonds is 10. The molecule has 0 heterocycles. The lowest BCUT2D eigenvalue weighted by Crippen LogP contribution is -2.13. The molecule has 2 heteroatoms. The summed E-state index contributed by atoms with van der Waals surface area (Å²) >= 11 is 0. The van der Waals surface area contributed by atoms with E-state index in [1.54, 1.807) is 19.2 Å². The van der Waals surface area contributed by atoms with E-state index < -0.39 is 0 Å². The predicted octanol–water partition coefficient (Wildman–Crippen LogP) is 3.99. The van der Waals surface area contributed by atoms with Crippen LogP contribution in [0.2, 0.25) is 0 Å². The maximum absolute atomic E-state index is 10.8. The third-order valence-corrected chi connectivity index (χ3v) is 2.72. The fraction of sp³-hybridized carbons (Fsp3) is 0.667. The second kappa shape index (κ2) is 13.0. The molecule has 0 aliphatic heterocycles. The van der Waals surface area contributed by atoms with E-state index in [9.17, 15) is 4.79 Å². The van der Waals surface area contributed by atoms with Crippen molar-refractivity contribution in [2.24, 2.45) is 0 Å². The molecule has 0 bridgehead atoms. The van der Waals surface area contributed by atoms with Crippen LogP contribution >= 0.6 is 0 Å². The summed E-state index contributed by atoms with van der Waals surface area (Å²) in [4.78, 5) is 10.8. The zero-order chi connectivity index (χ0) is 12.8. The van der Waals surface area contributed by atoms with Gasteiger partial charge in [0.05, 0.1) is 0 Å². The number of carbonyl (C=O) groups excluding carboxylic acids is 1. The molecule has 0 unspecified atom stereocenters. The van der Waals surface area contributed by atoms with Gasteiger partial charge in [-0.15, -0.1) is 0 Å². The van der Waals surface area contributed by atoms with Gasteiger partial charge >= 0.3 is 0 Å². The Hall–Kier alpha value is -1.05. The van der Waals surface area contributed by atoms with Crippen LogP contribution < -0.4 is 5.32 Å². The Morgan fingerprint density at radius 1 is 1.00 bits per heavy atom. The molecule has 1 N–H and O–H groups in total. The molecule has 98 valence electrons. The lowest BCUT2D eigenvalue weighted by atomic mass is 10.1. The van der Waals surface area contributed by atoms with E-state index in [1.807, 2.05) is 6.08 Å². The first-order valence-corrected chi connectivity index (χ1v) is 6.86. The van der Waals surface area contributed by atoms with Crippen LogP contribution in [0, 0.1) is 0 Å². The molecule has 0 aromatic rings. The molecule has 0 radical (unpaired) electrons. The zero-order valence-corrected chi connectivity index (χ0v) is 11.4. The number of unbranched alkanes of at least 4 members (excludes halogenated alkanes) is 7. The number of likely N-dealkylation sites (N-methyl/N-ethyl adjacent to an activating group) is 1. The minimum atomic E-state index is -0.0504. The number of hydrogen-bond donors (Lipinski definition) is 1. The van der Waals surface area contributed by atoms with Gasteiger partial charge in [0, 0.05) is 13.1 Å². The van der Waals surface area contributed by atoms with Crippen molar-refractivity contribution in [1.29, 1.82) is 0 Å². The first-order chi connectivity index (χ1) is 8.31. The van der Waals surface area contributed by atoms with Crippen LogP contribution in [0.4, 0.5) is 0 Å². The van der Waals surface area contributed by atoms with E-state index in [0.717, 1.165) is 6.42 Å². The number of nitrogens with one attached hydrogen (secondary N) is 1. The van der Waals surface area contributed by atoms with Crippen molar-refractivity contribution < 1.29 is 4.79 Å². The van der Waals surface area contributed by atoms with Gasteiger partial charge in [-0.3, -0.25) is 4.79 Å². The third-order valence-electron chi connectivity index (χ3n) is 2.72. The van der Waals surface area contributed by atoms with E-state index in [1.165, 1.54) is 44.9 Å². The van der Waals surface area contributed by atoms with E-state index in [4.69, 9.17) is 0 Å². The van der Waals surface area contributed by atoms with E-state index >= 15 is 0 Å². The van der Waals surface area contributed by atoms with Gasteiger partial charge < -0.3 is 5.32 Å². The van der Waals surface area contributed by atoms with Gasteiger partial charge in [-0.25, -0.2) is 0 Å². The van der Waals surface area contributed by atoms with Crippen LogP contribution in [0.3, 0.4) is 0 Å². The highest BCUT2D eigenvalue weighted by molar-refractivity contribution is 5.87. The molecule has 0 aliphatic carbocycles. The summed E-state index contributed by atoms with van der Waals surface area (Å²) in [6, 6.07) is 0. The lowest BCUT2D eigenvalue weighted by molar-refractivity contribution is -0.116. The van der Waals surface area contributed by atoms with Crippen LogP contribution in [0.5, 0.6) is 0 Å². The summed E-state index contributed by atoms with van der Waals surface area (Å²) in [5, 5.41) is 2.54. The first kappa shape index (κ1) is 16.0. The number of amides is 1. The highest BCUT2D eigenvalue weighted by Gasteiger charge is 1.89. The average molecular weight is 237 g/mol. The smallest absolute Gasteiger partial charge is 0.243 e. The summed E-state index contributed by atoms with van der Waals surface area (Å²) in [5.41, 5.74) is 0. The number of hydrogen-bond acceptors (Lipinski definition) is 1. The Balaban J connectivity index is 3.25. The molecule has 2 nitrogen and oxygen atoms in total. The maximum atomic E-state index is 10.8. The highest BCUT2D eigenvalue weighted by atomic mass is 16.1. The van der Waals surface area contributed by atoms with Crippen molar-refractivity contribution in [3.63, 3.8) is 0 Å². The van der Waals surface area contributed by atoms with Crippen molar-refractivity contribution in [2.75, 3.05) is 7.05 Å². The molecule has 0 saturated carbocycles. The molecule has 17 heavy (non-hydrogen) atoms. The molecule has 0 atom stereocenters. The first-order valence-electron chi connectivity index (χ1n) is 6.86. The summed E-state index contributed by atoms with van der Waals surface area (Å²) in [6.07, 6.45) is 18.0. The van der Waals surface area contributed by atoms with E-state index in [0.29, 0.717) is 0 Å². The van der Waals surface area contributed by atoms with E-state index in [2.05, 4.69) is 18.3 Å². The predicted molar refractivity (Wildman–Crippen MR) is 75.0 cm³/mol. The molecular weight excluding hydrogens is 210 g/mol. The number of allylic oxidation sites excluding steroid dienone is 3. The molecule has 0 fully saturated rings. The van der Waals surface area contributed by atoms with Gasteiger partial charge in [0.25, 0.3) is 0 Å². The van der Waals surface area contributed by atoms with Crippen LogP contribution in [0.15, 0.2) is 24.3 Å². The Labute approximate surface area is 106 Å². The Morgan fingerprint density at radius 3 is 2.29 bits per heavy atom. The maximum Gasteiger partial charge on any atom is 0.243 e. The van der Waals surface area contributed by atoms with Gasteiger partial charge in [-0.05, 0) is 12.8 Å². The number of carbonyl (C=O) groups is 1. The van der Waals surface area contributed by atoms with Crippen LogP contribution in [0.25, 0.3) is 0 Å². The van der Waals surface area contributed by atoms with Crippen molar-refractivity contribution in [2.45, 2.75) is 58.3 Å². The van der Waals surface area contributed by atoms with Gasteiger partial charge in [0.1, 0.15) is 0 Å². The normalized spacial score (nSPS) is 11.4. The van der Waals surface area contributed by atoms with Crippen LogP contribution in [0.1, 0.15) is 58.3 Å². The average Bonchev–Trinajstić information content (AvgIpc) is 2.35. The van der Waals surface area contributed by atoms with E-state index in [-0.39, 0.29) is 5.91 Å². The minimum Gasteiger partial charge on any atom is -0.356 e. The fourth-order valence-electron chi connectivity index (χ4n) is 1.62. The Bertz CT molecular complexity index is 231. The second-order valence-corrected chi connectivity index (χ2v) is 4.31. The Kier molecular flexibility index (Phi) is 12.2. The SMILES string of the molecule is CCCCCCCCCC=CC=CC(=O)NC. The molecular formula is C15H27NO. The summed E-state index contributed by atoms with van der Waals surface area (Å²) in [6.45, 7) is 2.25. The summed E-state index contributed by atoms with van der Waals surface area (Å²) < 4.78 is 0. The largest absolute Gasteiger partial charge is 0.356 e. The second-order valence-electron chi connectivity index (χ2n) is 4.31. The molecule has 0 aliphatic rings. The molecule has 0 spiro atoms. The quantitative estimate of drug-likeness (QED) is 0.347. The molecule has 0 rings (SSSR count). The van der Waals surface area contributed by atoms with Gasteiger partial charge in [-0.2, -0.15) is 0 Å². The standard InChI is InChI=1S/C15H27NO/c1-3-4-5-6-7-8-9-10-11-12-13-14-15(17)16-2/h11-14H,3-10H2,1-2H3,(H,16,17). The van der Waals surface area contributed by atoms with Crippen molar-refractivity contribution >= 4 is 5.91 Å². The van der Waals surface area contributed by atoms with Crippen LogP contribution in [-0.2, 0) is 4.79 Å². The minimum absolute atomic E-state index is 0.0504. The third kappa shape index (κ3) is 12.9. The Morgan fingerprint density at radius 2 is 1.65 bits per heavy atom. The molecule has 0 saturated heterocycles.